The monoisotopic (exact) mass is 441 g/mol. The van der Waals surface area contributed by atoms with Gasteiger partial charge >= 0.3 is 0 Å². The van der Waals surface area contributed by atoms with E-state index in [1.165, 1.54) is 21.6 Å². The van der Waals surface area contributed by atoms with Crippen molar-refractivity contribution in [1.82, 2.24) is 14.9 Å². The van der Waals surface area contributed by atoms with Gasteiger partial charge in [0.25, 0.3) is 0 Å². The van der Waals surface area contributed by atoms with Crippen LogP contribution in [0.4, 0.5) is 11.6 Å². The lowest BCUT2D eigenvalue weighted by atomic mass is 10.1. The zero-order valence-corrected chi connectivity index (χ0v) is 18.5. The first-order valence-corrected chi connectivity index (χ1v) is 12.5. The Morgan fingerprint density at radius 2 is 1.77 bits per heavy atom. The van der Waals surface area contributed by atoms with Gasteiger partial charge in [0.05, 0.1) is 10.4 Å². The van der Waals surface area contributed by atoms with Crippen molar-refractivity contribution in [1.29, 1.82) is 0 Å². The molecule has 0 radical (unpaired) electrons. The average molecular weight is 442 g/mol. The molecule has 160 valence electrons. The van der Waals surface area contributed by atoms with E-state index < -0.39 is 0 Å². The van der Waals surface area contributed by atoms with Crippen LogP contribution in [0.1, 0.15) is 14.4 Å². The molecule has 0 aromatic carbocycles. The molecular formula is C23H31N5S2. The number of likely N-dealkylation sites (N-methyl/N-ethyl adjacent to an activating group) is 1. The van der Waals surface area contributed by atoms with Crippen molar-refractivity contribution in [2.75, 3.05) is 67.1 Å². The number of fused-ring (bicyclic) bond motifs is 1. The molecule has 2 aliphatic heterocycles. The maximum atomic E-state index is 5.12. The molecule has 0 aliphatic carbocycles. The van der Waals surface area contributed by atoms with Crippen LogP contribution in [0.15, 0.2) is 35.8 Å². The van der Waals surface area contributed by atoms with Crippen molar-refractivity contribution in [3.05, 3.63) is 35.8 Å². The van der Waals surface area contributed by atoms with Crippen molar-refractivity contribution < 1.29 is 0 Å². The third kappa shape index (κ3) is 4.29. The molecule has 0 atom stereocenters. The lowest BCUT2D eigenvalue weighted by molar-refractivity contribution is 0.271. The van der Waals surface area contributed by atoms with Gasteiger partial charge in [0.1, 0.15) is 11.6 Å². The zero-order chi connectivity index (χ0) is 19.6. The van der Waals surface area contributed by atoms with Crippen LogP contribution in [0.2, 0.25) is 0 Å². The second-order valence-corrected chi connectivity index (χ2v) is 9.74. The summed E-state index contributed by atoms with van der Waals surface area (Å²) in [7, 11) is 0. The van der Waals surface area contributed by atoms with Crippen LogP contribution in [0.3, 0.4) is 0 Å². The molecule has 0 spiro atoms. The molecule has 30 heavy (non-hydrogen) atoms. The number of piperazine rings is 1. The van der Waals surface area contributed by atoms with Crippen LogP contribution in [0.5, 0.6) is 0 Å². The third-order valence-electron chi connectivity index (χ3n) is 5.92. The molecule has 3 aromatic rings. The third-order valence-corrected chi connectivity index (χ3v) is 7.78. The summed E-state index contributed by atoms with van der Waals surface area (Å²) in [5.74, 6) is 4.60. The van der Waals surface area contributed by atoms with Gasteiger partial charge in [-0.05, 0) is 41.6 Å². The second kappa shape index (κ2) is 9.54. The Bertz CT molecular complexity index is 957. The Morgan fingerprint density at radius 1 is 0.967 bits per heavy atom. The highest BCUT2D eigenvalue weighted by atomic mass is 32.2. The molecule has 0 saturated carbocycles. The lowest BCUT2D eigenvalue weighted by Crippen LogP contribution is -2.46. The molecule has 7 heteroatoms. The Labute approximate surface area is 188 Å². The average Bonchev–Trinajstić information content (AvgIpc) is 3.28. The normalized spacial score (nSPS) is 17.9. The number of hydrogen-bond acceptors (Lipinski definition) is 7. The number of thioether (sulfide) groups is 1. The van der Waals surface area contributed by atoms with E-state index >= 15 is 0 Å². The lowest BCUT2D eigenvalue weighted by Gasteiger charge is -2.35. The van der Waals surface area contributed by atoms with Crippen molar-refractivity contribution in [3.63, 3.8) is 0 Å². The molecule has 0 unspecified atom stereocenters. The Hall–Kier alpha value is -1.83. The van der Waals surface area contributed by atoms with Gasteiger partial charge in [0.2, 0.25) is 0 Å². The highest BCUT2D eigenvalue weighted by Crippen LogP contribution is 2.34. The van der Waals surface area contributed by atoms with E-state index in [0.29, 0.717) is 0 Å². The van der Waals surface area contributed by atoms with E-state index in [2.05, 4.69) is 51.3 Å². The maximum Gasteiger partial charge on any atom is 0.147 e. The number of aromatic nitrogens is 2. The van der Waals surface area contributed by atoms with Gasteiger partial charge in [-0.2, -0.15) is 11.8 Å². The highest BCUT2D eigenvalue weighted by molar-refractivity contribution is 7.99. The Balaban J connectivity index is 0.00000218. The first-order chi connectivity index (χ1) is 14.3. The predicted octanol–water partition coefficient (Wildman–Crippen LogP) is 4.69. The van der Waals surface area contributed by atoms with Crippen LogP contribution in [0, 0.1) is 0 Å². The van der Waals surface area contributed by atoms with Gasteiger partial charge in [0, 0.05) is 62.5 Å². The molecule has 2 aliphatic rings. The van der Waals surface area contributed by atoms with E-state index in [1.807, 2.05) is 18.0 Å². The van der Waals surface area contributed by atoms with Gasteiger partial charge < -0.3 is 14.7 Å². The van der Waals surface area contributed by atoms with Crippen molar-refractivity contribution >= 4 is 44.8 Å². The van der Waals surface area contributed by atoms with E-state index in [0.717, 1.165) is 68.7 Å². The molecule has 0 amide bonds. The summed E-state index contributed by atoms with van der Waals surface area (Å²) in [6.07, 6.45) is 2.00. The second-order valence-electron chi connectivity index (χ2n) is 7.60. The molecular weight excluding hydrogens is 410 g/mol. The van der Waals surface area contributed by atoms with E-state index in [4.69, 9.17) is 9.97 Å². The van der Waals surface area contributed by atoms with Crippen LogP contribution in [0.25, 0.3) is 21.3 Å². The van der Waals surface area contributed by atoms with E-state index in [9.17, 15) is 0 Å². The van der Waals surface area contributed by atoms with Gasteiger partial charge in [-0.1, -0.05) is 14.4 Å². The number of rotatable bonds is 4. The molecule has 5 nitrogen and oxygen atoms in total. The maximum absolute atomic E-state index is 5.12. The minimum Gasteiger partial charge on any atom is -0.355 e. The summed E-state index contributed by atoms with van der Waals surface area (Å²) in [4.78, 5) is 17.2. The Morgan fingerprint density at radius 3 is 2.47 bits per heavy atom. The molecule has 5 heterocycles. The predicted molar refractivity (Wildman–Crippen MR) is 133 cm³/mol. The summed E-state index contributed by atoms with van der Waals surface area (Å²) in [5, 5.41) is 3.46. The van der Waals surface area contributed by atoms with Gasteiger partial charge in [-0.15, -0.1) is 11.3 Å². The van der Waals surface area contributed by atoms with Crippen molar-refractivity contribution in [2.45, 2.75) is 14.4 Å². The quantitative estimate of drug-likeness (QED) is 0.584. The van der Waals surface area contributed by atoms with Gasteiger partial charge in [-0.3, -0.25) is 0 Å². The minimum atomic E-state index is 0. The largest absolute Gasteiger partial charge is 0.355 e. The summed E-state index contributed by atoms with van der Waals surface area (Å²) in [6, 6.07) is 8.77. The molecule has 0 N–H and O–H groups in total. The first-order valence-electron chi connectivity index (χ1n) is 10.5. The van der Waals surface area contributed by atoms with Crippen molar-refractivity contribution in [2.24, 2.45) is 0 Å². The molecule has 3 aromatic heterocycles. The fraction of sp³-hybridized carbons (Fsp3) is 0.478. The first kappa shape index (κ1) is 21.4. The smallest absolute Gasteiger partial charge is 0.147 e. The molecule has 2 saturated heterocycles. The fourth-order valence-electron chi connectivity index (χ4n) is 4.11. The van der Waals surface area contributed by atoms with Crippen molar-refractivity contribution in [3.8, 4) is 11.3 Å². The Kier molecular flexibility index (Phi) is 6.80. The van der Waals surface area contributed by atoms with Gasteiger partial charge in [0.15, 0.2) is 0 Å². The fourth-order valence-corrected chi connectivity index (χ4v) is 5.91. The summed E-state index contributed by atoms with van der Waals surface area (Å²) in [6.45, 7) is 9.85. The highest BCUT2D eigenvalue weighted by Gasteiger charge is 2.21. The molecule has 2 fully saturated rings. The number of nitrogens with zero attached hydrogens (tertiary/aromatic N) is 5. The van der Waals surface area contributed by atoms with Gasteiger partial charge in [-0.25, -0.2) is 9.97 Å². The SMILES string of the molecule is C.CCN1CCN(c2nc(-c3ccc(N4CCSCC4)nc3)cc3ccsc23)CC1. The number of pyridine rings is 2. The topological polar surface area (TPSA) is 35.5 Å². The molecule has 0 bridgehead atoms. The van der Waals surface area contributed by atoms with Crippen LogP contribution in [-0.4, -0.2) is 72.2 Å². The minimum absolute atomic E-state index is 0. The standard InChI is InChI=1S/C22H27N5S2.CH4/c1-2-25-6-8-27(9-7-25)22-21-17(5-12-29-21)15-19(24-22)18-3-4-20(23-16-18)26-10-13-28-14-11-26;/h3-5,12,15-16H,2,6-11,13-14H2,1H3;1H4. The van der Waals surface area contributed by atoms with Crippen LogP contribution in [-0.2, 0) is 0 Å². The number of thiophene rings is 1. The van der Waals surface area contributed by atoms with Crippen LogP contribution >= 0.6 is 23.1 Å². The zero-order valence-electron chi connectivity index (χ0n) is 16.9. The number of anilines is 2. The van der Waals surface area contributed by atoms with E-state index in [-0.39, 0.29) is 7.43 Å². The summed E-state index contributed by atoms with van der Waals surface area (Å²) >= 11 is 3.82. The number of hydrogen-bond donors (Lipinski definition) is 0. The van der Waals surface area contributed by atoms with Crippen LogP contribution < -0.4 is 9.80 Å². The summed E-state index contributed by atoms with van der Waals surface area (Å²) < 4.78 is 1.30. The molecule has 5 rings (SSSR count). The van der Waals surface area contributed by atoms with E-state index in [1.54, 1.807) is 11.3 Å². The summed E-state index contributed by atoms with van der Waals surface area (Å²) in [5.41, 5.74) is 2.12.